The number of halogens is 2. The Morgan fingerprint density at radius 3 is 2.52 bits per heavy atom. The number of carbonyl (C=O) groups excluding carboxylic acids is 2. The fourth-order valence-electron chi connectivity index (χ4n) is 5.25. The maximum absolute atomic E-state index is 13.3. The summed E-state index contributed by atoms with van der Waals surface area (Å²) in [6.07, 6.45) is 6.08. The molecule has 2 heterocycles. The Bertz CT molecular complexity index is 672. The third kappa shape index (κ3) is 3.49. The van der Waals surface area contributed by atoms with Gasteiger partial charge in [0.2, 0.25) is 5.91 Å². The molecule has 0 aromatic heterocycles. The van der Waals surface area contributed by atoms with E-state index in [1.54, 1.807) is 0 Å². The number of aliphatic imine (C=N–C) groups is 1. The molecule has 3 unspecified atom stereocenters. The number of fused-ring (bicyclic) bond motifs is 2. The predicted molar refractivity (Wildman–Crippen MR) is 101 cm³/mol. The van der Waals surface area contributed by atoms with Gasteiger partial charge in [-0.05, 0) is 56.8 Å². The van der Waals surface area contributed by atoms with E-state index in [9.17, 15) is 18.4 Å². The van der Waals surface area contributed by atoms with E-state index in [1.807, 2.05) is 6.92 Å². The molecule has 4 fully saturated rings. The number of nitrogens with one attached hydrogen (secondary N) is 1. The van der Waals surface area contributed by atoms with Gasteiger partial charge in [0.25, 0.3) is 5.91 Å². The lowest BCUT2D eigenvalue weighted by Gasteiger charge is -2.38. The topological polar surface area (TPSA) is 61.8 Å². The van der Waals surface area contributed by atoms with Crippen LogP contribution in [0.15, 0.2) is 4.99 Å². The number of rotatable bonds is 3. The summed E-state index contributed by atoms with van der Waals surface area (Å²) >= 11 is 1.49. The molecule has 0 aromatic carbocycles. The van der Waals surface area contributed by atoms with Crippen LogP contribution in [0.25, 0.3) is 0 Å². The average molecular weight is 400 g/mol. The molecule has 150 valence electrons. The molecule has 4 atom stereocenters. The van der Waals surface area contributed by atoms with Crippen LogP contribution in [0.1, 0.15) is 52.4 Å². The van der Waals surface area contributed by atoms with Crippen LogP contribution >= 0.6 is 11.8 Å². The van der Waals surface area contributed by atoms with Crippen molar-refractivity contribution in [2.24, 2.45) is 22.7 Å². The van der Waals surface area contributed by atoms with Crippen LogP contribution in [0.5, 0.6) is 0 Å². The molecule has 0 radical (unpaired) electrons. The van der Waals surface area contributed by atoms with E-state index in [1.165, 1.54) is 35.9 Å². The van der Waals surface area contributed by atoms with E-state index < -0.39 is 16.6 Å². The minimum Gasteiger partial charge on any atom is -0.337 e. The van der Waals surface area contributed by atoms with Gasteiger partial charge in [0.1, 0.15) is 4.75 Å². The fraction of sp³-hybridized carbons (Fsp3) is 0.842. The highest BCUT2D eigenvalue weighted by atomic mass is 32.2. The normalized spacial score (nSPS) is 38.7. The Morgan fingerprint density at radius 1 is 1.26 bits per heavy atom. The third-order valence-electron chi connectivity index (χ3n) is 6.90. The Labute approximate surface area is 162 Å². The highest BCUT2D eigenvalue weighted by Gasteiger charge is 2.51. The second kappa shape index (κ2) is 6.71. The fourth-order valence-corrected chi connectivity index (χ4v) is 6.53. The first-order valence-corrected chi connectivity index (χ1v) is 10.7. The number of amides is 2. The van der Waals surface area contributed by atoms with Crippen LogP contribution in [0.3, 0.4) is 0 Å². The maximum Gasteiger partial charge on any atom is 0.322 e. The van der Waals surface area contributed by atoms with E-state index in [4.69, 9.17) is 4.99 Å². The number of hydrogen-bond donors (Lipinski definition) is 1. The van der Waals surface area contributed by atoms with Crippen LogP contribution in [0.4, 0.5) is 8.78 Å². The number of nitrogens with zero attached hydrogens (tertiary/aromatic N) is 2. The Morgan fingerprint density at radius 2 is 1.96 bits per heavy atom. The number of carbonyl (C=O) groups is 2. The number of alkyl halides is 2. The zero-order valence-electron chi connectivity index (χ0n) is 15.8. The van der Waals surface area contributed by atoms with Gasteiger partial charge in [-0.1, -0.05) is 18.2 Å². The summed E-state index contributed by atoms with van der Waals surface area (Å²) < 4.78 is 25.9. The van der Waals surface area contributed by atoms with Gasteiger partial charge in [-0.25, -0.2) is 0 Å². The molecular weight excluding hydrogens is 372 g/mol. The average Bonchev–Trinajstić information content (AvgIpc) is 3.29. The van der Waals surface area contributed by atoms with Crippen molar-refractivity contribution in [3.05, 3.63) is 0 Å². The molecule has 2 saturated carbocycles. The number of amidine groups is 1. The van der Waals surface area contributed by atoms with Crippen molar-refractivity contribution < 1.29 is 18.4 Å². The molecule has 5 nitrogen and oxygen atoms in total. The van der Waals surface area contributed by atoms with Crippen LogP contribution in [-0.4, -0.2) is 51.7 Å². The number of piperidine rings is 1. The molecular formula is C19H27F2N3O2S. The molecule has 2 aliphatic heterocycles. The first kappa shape index (κ1) is 19.2. The van der Waals surface area contributed by atoms with E-state index in [2.05, 4.69) is 5.32 Å². The molecule has 8 heteroatoms. The summed E-state index contributed by atoms with van der Waals surface area (Å²) in [4.78, 5) is 30.6. The van der Waals surface area contributed by atoms with Crippen LogP contribution in [0, 0.1) is 17.8 Å². The zero-order valence-corrected chi connectivity index (χ0v) is 16.7. The first-order chi connectivity index (χ1) is 12.7. The molecule has 2 saturated heterocycles. The lowest BCUT2D eigenvalue weighted by molar-refractivity contribution is -0.156. The van der Waals surface area contributed by atoms with Gasteiger partial charge in [-0.2, -0.15) is 8.78 Å². The summed E-state index contributed by atoms with van der Waals surface area (Å²) in [6.45, 7) is 3.11. The molecule has 0 spiro atoms. The minimum atomic E-state index is -3.34. The Balaban J connectivity index is 1.39. The van der Waals surface area contributed by atoms with E-state index in [-0.39, 0.29) is 24.9 Å². The van der Waals surface area contributed by atoms with Gasteiger partial charge in [0.05, 0.1) is 6.04 Å². The van der Waals surface area contributed by atoms with Crippen molar-refractivity contribution in [1.29, 1.82) is 0 Å². The van der Waals surface area contributed by atoms with Crippen LogP contribution in [0.2, 0.25) is 0 Å². The van der Waals surface area contributed by atoms with E-state index >= 15 is 0 Å². The zero-order chi connectivity index (χ0) is 19.4. The Kier molecular flexibility index (Phi) is 4.76. The third-order valence-corrected chi connectivity index (χ3v) is 8.24. The van der Waals surface area contributed by atoms with Crippen molar-refractivity contribution in [2.75, 3.05) is 13.1 Å². The van der Waals surface area contributed by atoms with Gasteiger partial charge >= 0.3 is 5.92 Å². The molecule has 2 bridgehead atoms. The first-order valence-electron chi connectivity index (χ1n) is 9.92. The summed E-state index contributed by atoms with van der Waals surface area (Å²) in [5.74, 6) is -2.98. The van der Waals surface area contributed by atoms with Gasteiger partial charge < -0.3 is 10.2 Å². The molecule has 4 aliphatic rings. The van der Waals surface area contributed by atoms with Crippen LogP contribution < -0.4 is 5.32 Å². The predicted octanol–water partition coefficient (Wildman–Crippen LogP) is 3.05. The molecule has 4 rings (SSSR count). The van der Waals surface area contributed by atoms with Gasteiger partial charge in [0.15, 0.2) is 5.17 Å². The SMILES string of the molecule is CC(F)(F)C(=O)N1CCC(C2(C)SC(=N[C@H]3CC4CCC3C4)NC2=O)CC1. The number of thioether (sulfide) groups is 1. The Hall–Kier alpha value is -1.18. The lowest BCUT2D eigenvalue weighted by atomic mass is 9.84. The molecule has 2 aliphatic carbocycles. The summed E-state index contributed by atoms with van der Waals surface area (Å²) in [5, 5.41) is 3.68. The van der Waals surface area contributed by atoms with Crippen molar-refractivity contribution in [3.63, 3.8) is 0 Å². The van der Waals surface area contributed by atoms with E-state index in [0.29, 0.717) is 31.7 Å². The molecule has 27 heavy (non-hydrogen) atoms. The number of likely N-dealkylation sites (tertiary alicyclic amines) is 1. The molecule has 2 amide bonds. The van der Waals surface area contributed by atoms with Gasteiger partial charge in [0, 0.05) is 20.0 Å². The quantitative estimate of drug-likeness (QED) is 0.794. The standard InChI is InChI=1S/C19H27F2N3O2S/c1-18(13-5-7-24(8-6-13)16(26)19(2,20)21)15(25)23-17(27-18)22-14-10-11-3-4-12(14)9-11/h11-14H,3-10H2,1-2H3,(H,22,23,25)/t11?,12?,14-,18?/m0/s1. The van der Waals surface area contributed by atoms with Crippen molar-refractivity contribution in [1.82, 2.24) is 10.2 Å². The summed E-state index contributed by atoms with van der Waals surface area (Å²) in [5.41, 5.74) is 0. The monoisotopic (exact) mass is 399 g/mol. The largest absolute Gasteiger partial charge is 0.337 e. The van der Waals surface area contributed by atoms with Gasteiger partial charge in [-0.15, -0.1) is 0 Å². The summed E-state index contributed by atoms with van der Waals surface area (Å²) in [6, 6.07) is 0.333. The van der Waals surface area contributed by atoms with Crippen molar-refractivity contribution in [2.45, 2.75) is 69.1 Å². The molecule has 1 N–H and O–H groups in total. The molecule has 0 aromatic rings. The van der Waals surface area contributed by atoms with E-state index in [0.717, 1.165) is 17.5 Å². The highest BCUT2D eigenvalue weighted by molar-refractivity contribution is 8.16. The smallest absolute Gasteiger partial charge is 0.322 e. The van der Waals surface area contributed by atoms with Gasteiger partial charge in [-0.3, -0.25) is 14.6 Å². The van der Waals surface area contributed by atoms with Crippen molar-refractivity contribution >= 4 is 28.7 Å². The highest BCUT2D eigenvalue weighted by Crippen LogP contribution is 2.48. The maximum atomic E-state index is 13.3. The second-order valence-electron chi connectivity index (χ2n) is 8.79. The van der Waals surface area contributed by atoms with Crippen molar-refractivity contribution in [3.8, 4) is 0 Å². The number of hydrogen-bond acceptors (Lipinski definition) is 4. The lowest BCUT2D eigenvalue weighted by Crippen LogP contribution is -2.50. The summed E-state index contributed by atoms with van der Waals surface area (Å²) in [7, 11) is 0. The minimum absolute atomic E-state index is 0.0417. The second-order valence-corrected chi connectivity index (χ2v) is 10.2. The van der Waals surface area contributed by atoms with Crippen LogP contribution in [-0.2, 0) is 9.59 Å².